The van der Waals surface area contributed by atoms with E-state index in [0.717, 1.165) is 18.5 Å². The van der Waals surface area contributed by atoms with E-state index in [1.54, 1.807) is 0 Å². The number of aromatic nitrogens is 1. The Morgan fingerprint density at radius 2 is 1.94 bits per heavy atom. The molecule has 16 heavy (non-hydrogen) atoms. The van der Waals surface area contributed by atoms with Crippen LogP contribution >= 0.6 is 0 Å². The fourth-order valence-corrected chi connectivity index (χ4v) is 1.24. The van der Waals surface area contributed by atoms with Gasteiger partial charge in [-0.3, -0.25) is 0 Å². The van der Waals surface area contributed by atoms with Gasteiger partial charge in [0.1, 0.15) is 5.82 Å². The highest BCUT2D eigenvalue weighted by molar-refractivity contribution is 5.57. The Kier molecular flexibility index (Phi) is 2.41. The minimum Gasteiger partial charge on any atom is -0.443 e. The lowest BCUT2D eigenvalue weighted by Gasteiger charge is -2.07. The molecule has 0 fully saturated rings. The third-order valence-corrected chi connectivity index (χ3v) is 1.99. The van der Waals surface area contributed by atoms with E-state index in [-0.39, 0.29) is 11.3 Å². The summed E-state index contributed by atoms with van der Waals surface area (Å²) in [6.07, 6.45) is -2.25. The SMILES string of the molecule is Fc1cc(C(F)(F)F)ccc1-c1cnco1. The van der Waals surface area contributed by atoms with Crippen molar-refractivity contribution in [3.8, 4) is 11.3 Å². The van der Waals surface area contributed by atoms with Crippen LogP contribution in [0.2, 0.25) is 0 Å². The summed E-state index contributed by atoms with van der Waals surface area (Å²) in [6, 6.07) is 2.23. The van der Waals surface area contributed by atoms with Crippen LogP contribution in [0.5, 0.6) is 0 Å². The Balaban J connectivity index is 2.46. The summed E-state index contributed by atoms with van der Waals surface area (Å²) in [5.74, 6) is -0.905. The van der Waals surface area contributed by atoms with E-state index in [2.05, 4.69) is 4.98 Å². The van der Waals surface area contributed by atoms with Gasteiger partial charge in [-0.2, -0.15) is 13.2 Å². The summed E-state index contributed by atoms with van der Waals surface area (Å²) >= 11 is 0. The number of halogens is 4. The molecule has 0 spiro atoms. The van der Waals surface area contributed by atoms with Crippen LogP contribution < -0.4 is 0 Å². The highest BCUT2D eigenvalue weighted by Crippen LogP contribution is 2.32. The second-order valence-electron chi connectivity index (χ2n) is 3.06. The fourth-order valence-electron chi connectivity index (χ4n) is 1.24. The molecular weight excluding hydrogens is 226 g/mol. The van der Waals surface area contributed by atoms with Gasteiger partial charge in [-0.1, -0.05) is 0 Å². The Bertz CT molecular complexity index is 490. The van der Waals surface area contributed by atoms with Crippen molar-refractivity contribution in [2.24, 2.45) is 0 Å². The smallest absolute Gasteiger partial charge is 0.416 e. The van der Waals surface area contributed by atoms with E-state index < -0.39 is 17.6 Å². The Morgan fingerprint density at radius 3 is 2.44 bits per heavy atom. The van der Waals surface area contributed by atoms with Crippen LogP contribution in [0.25, 0.3) is 11.3 Å². The largest absolute Gasteiger partial charge is 0.443 e. The molecule has 0 amide bonds. The van der Waals surface area contributed by atoms with Gasteiger partial charge in [0.05, 0.1) is 17.3 Å². The molecule has 0 bridgehead atoms. The lowest BCUT2D eigenvalue weighted by Crippen LogP contribution is -2.05. The van der Waals surface area contributed by atoms with Crippen molar-refractivity contribution in [1.29, 1.82) is 0 Å². The van der Waals surface area contributed by atoms with Crippen molar-refractivity contribution in [2.45, 2.75) is 6.18 Å². The van der Waals surface area contributed by atoms with Crippen LogP contribution in [0, 0.1) is 5.82 Å². The minimum absolute atomic E-state index is 0.0505. The predicted octanol–water partition coefficient (Wildman–Crippen LogP) is 3.50. The number of benzene rings is 1. The van der Waals surface area contributed by atoms with E-state index in [4.69, 9.17) is 4.42 Å². The van der Waals surface area contributed by atoms with Crippen LogP contribution in [0.4, 0.5) is 17.6 Å². The van der Waals surface area contributed by atoms with E-state index in [0.29, 0.717) is 6.07 Å². The van der Waals surface area contributed by atoms with Crippen LogP contribution in [0.3, 0.4) is 0 Å². The zero-order valence-corrected chi connectivity index (χ0v) is 7.75. The van der Waals surface area contributed by atoms with Gasteiger partial charge in [-0.25, -0.2) is 9.37 Å². The third-order valence-electron chi connectivity index (χ3n) is 1.99. The first-order valence-electron chi connectivity index (χ1n) is 4.24. The number of nitrogens with zero attached hydrogens (tertiary/aromatic N) is 1. The molecule has 0 atom stereocenters. The zero-order chi connectivity index (χ0) is 11.8. The van der Waals surface area contributed by atoms with E-state index in [1.165, 1.54) is 6.20 Å². The van der Waals surface area contributed by atoms with Crippen molar-refractivity contribution in [1.82, 2.24) is 4.98 Å². The molecule has 0 unspecified atom stereocenters. The van der Waals surface area contributed by atoms with Crippen molar-refractivity contribution in [3.05, 3.63) is 42.2 Å². The van der Waals surface area contributed by atoms with Crippen molar-refractivity contribution >= 4 is 0 Å². The topological polar surface area (TPSA) is 26.0 Å². The standard InChI is InChI=1S/C10H5F4NO/c11-8-3-6(10(12,13)14)1-2-7(8)9-4-15-5-16-9/h1-5H. The molecule has 0 radical (unpaired) electrons. The molecular formula is C10H5F4NO. The summed E-state index contributed by atoms with van der Waals surface area (Å²) in [5.41, 5.74) is -1.08. The van der Waals surface area contributed by atoms with Crippen LogP contribution in [0.1, 0.15) is 5.56 Å². The molecule has 0 saturated carbocycles. The van der Waals surface area contributed by atoms with Crippen molar-refractivity contribution in [2.75, 3.05) is 0 Å². The Morgan fingerprint density at radius 1 is 1.19 bits per heavy atom. The Hall–Kier alpha value is -1.85. The molecule has 2 aromatic rings. The monoisotopic (exact) mass is 231 g/mol. The first kappa shape index (κ1) is 10.7. The van der Waals surface area contributed by atoms with Gasteiger partial charge < -0.3 is 4.42 Å². The molecule has 0 aliphatic rings. The highest BCUT2D eigenvalue weighted by atomic mass is 19.4. The molecule has 84 valence electrons. The summed E-state index contributed by atoms with van der Waals surface area (Å²) in [6.45, 7) is 0. The third kappa shape index (κ3) is 1.91. The van der Waals surface area contributed by atoms with Gasteiger partial charge in [0.15, 0.2) is 12.2 Å². The Labute approximate surface area is 87.5 Å². The lowest BCUT2D eigenvalue weighted by atomic mass is 10.1. The minimum atomic E-state index is -4.55. The fraction of sp³-hybridized carbons (Fsp3) is 0.100. The quantitative estimate of drug-likeness (QED) is 0.702. The van der Waals surface area contributed by atoms with Gasteiger partial charge in [-0.05, 0) is 18.2 Å². The summed E-state index contributed by atoms with van der Waals surface area (Å²) in [5, 5.41) is 0. The first-order valence-corrected chi connectivity index (χ1v) is 4.24. The summed E-state index contributed by atoms with van der Waals surface area (Å²) in [7, 11) is 0. The molecule has 0 aliphatic heterocycles. The molecule has 0 saturated heterocycles. The van der Waals surface area contributed by atoms with E-state index in [9.17, 15) is 17.6 Å². The molecule has 0 N–H and O–H groups in total. The van der Waals surface area contributed by atoms with Gasteiger partial charge in [-0.15, -0.1) is 0 Å². The molecule has 2 nitrogen and oxygen atoms in total. The molecule has 1 aromatic carbocycles. The van der Waals surface area contributed by atoms with Crippen molar-refractivity contribution in [3.63, 3.8) is 0 Å². The molecule has 6 heteroatoms. The van der Waals surface area contributed by atoms with Gasteiger partial charge in [0.25, 0.3) is 0 Å². The van der Waals surface area contributed by atoms with E-state index >= 15 is 0 Å². The zero-order valence-electron chi connectivity index (χ0n) is 7.75. The molecule has 2 rings (SSSR count). The second-order valence-corrected chi connectivity index (χ2v) is 3.06. The summed E-state index contributed by atoms with van der Waals surface area (Å²) in [4.78, 5) is 3.56. The number of hydrogen-bond acceptors (Lipinski definition) is 2. The molecule has 0 aliphatic carbocycles. The van der Waals surface area contributed by atoms with E-state index in [1.807, 2.05) is 0 Å². The highest BCUT2D eigenvalue weighted by Gasteiger charge is 2.31. The van der Waals surface area contributed by atoms with Crippen LogP contribution in [-0.2, 0) is 6.18 Å². The van der Waals surface area contributed by atoms with Gasteiger partial charge >= 0.3 is 6.18 Å². The second kappa shape index (κ2) is 3.62. The normalized spacial score (nSPS) is 11.8. The van der Waals surface area contributed by atoms with Gasteiger partial charge in [0.2, 0.25) is 0 Å². The number of hydrogen-bond donors (Lipinski definition) is 0. The average molecular weight is 231 g/mol. The first-order chi connectivity index (χ1) is 7.48. The van der Waals surface area contributed by atoms with Crippen LogP contribution in [0.15, 0.2) is 35.2 Å². The average Bonchev–Trinajstić information content (AvgIpc) is 2.69. The predicted molar refractivity (Wildman–Crippen MR) is 46.9 cm³/mol. The van der Waals surface area contributed by atoms with Gasteiger partial charge in [0, 0.05) is 0 Å². The maximum Gasteiger partial charge on any atom is 0.416 e. The van der Waals surface area contributed by atoms with Crippen molar-refractivity contribution < 1.29 is 22.0 Å². The number of alkyl halides is 3. The maximum atomic E-state index is 13.4. The maximum absolute atomic E-state index is 13.4. The summed E-state index contributed by atoms with van der Waals surface area (Å²) < 4.78 is 54.9. The lowest BCUT2D eigenvalue weighted by molar-refractivity contribution is -0.137. The number of rotatable bonds is 1. The molecule has 1 heterocycles. The number of oxazole rings is 1. The molecule has 1 aromatic heterocycles. The van der Waals surface area contributed by atoms with Crippen LogP contribution in [-0.4, -0.2) is 4.98 Å².